The second-order valence-corrected chi connectivity index (χ2v) is 9.15. The summed E-state index contributed by atoms with van der Waals surface area (Å²) in [5.41, 5.74) is 5.08. The van der Waals surface area contributed by atoms with Crippen LogP contribution in [0.1, 0.15) is 32.4 Å². The molecule has 4 heterocycles. The molecule has 0 bridgehead atoms. The highest BCUT2D eigenvalue weighted by atomic mass is 32.1. The molecule has 4 rings (SSSR count). The minimum absolute atomic E-state index is 0.0451. The van der Waals surface area contributed by atoms with E-state index in [2.05, 4.69) is 20.5 Å². The van der Waals surface area contributed by atoms with Crippen molar-refractivity contribution < 1.29 is 27.7 Å². The van der Waals surface area contributed by atoms with Crippen molar-refractivity contribution in [2.75, 3.05) is 5.32 Å². The maximum atomic E-state index is 13.7. The summed E-state index contributed by atoms with van der Waals surface area (Å²) in [5.74, 6) is -1.72. The largest absolute Gasteiger partial charge is 0.433 e. The summed E-state index contributed by atoms with van der Waals surface area (Å²) < 4.78 is 43.6. The number of anilines is 1. The van der Waals surface area contributed by atoms with Crippen molar-refractivity contribution in [2.24, 2.45) is 12.8 Å². The number of nitrogens with one attached hydrogen (secondary N) is 1. The molecule has 0 fully saturated rings. The Kier molecular flexibility index (Phi) is 6.23. The first kappa shape index (κ1) is 25.7. The van der Waals surface area contributed by atoms with Gasteiger partial charge in [-0.25, -0.2) is 4.98 Å². The van der Waals surface area contributed by atoms with Gasteiger partial charge in [0.25, 0.3) is 5.91 Å². The lowest BCUT2D eigenvalue weighted by molar-refractivity contribution is -0.386. The molecule has 0 radical (unpaired) electrons. The molecule has 0 aliphatic heterocycles. The maximum Gasteiger partial charge on any atom is 0.433 e. The van der Waals surface area contributed by atoms with Crippen LogP contribution >= 0.6 is 11.3 Å². The van der Waals surface area contributed by atoms with E-state index in [-0.39, 0.29) is 43.4 Å². The molecule has 2 amide bonds. The first-order valence-corrected chi connectivity index (χ1v) is 11.3. The lowest BCUT2D eigenvalue weighted by Crippen LogP contribution is -2.22. The van der Waals surface area contributed by atoms with Crippen molar-refractivity contribution in [3.8, 4) is 11.1 Å². The highest BCUT2D eigenvalue weighted by Gasteiger charge is 2.35. The summed E-state index contributed by atoms with van der Waals surface area (Å²) in [6.07, 6.45) is -3.42. The van der Waals surface area contributed by atoms with Gasteiger partial charge in [0, 0.05) is 23.7 Å². The fourth-order valence-corrected chi connectivity index (χ4v) is 4.94. The topological polar surface area (TPSA) is 164 Å². The van der Waals surface area contributed by atoms with Gasteiger partial charge in [-0.2, -0.15) is 23.4 Å². The van der Waals surface area contributed by atoms with Crippen molar-refractivity contribution in [3.05, 3.63) is 50.0 Å². The third-order valence-electron chi connectivity index (χ3n) is 5.79. The number of primary amides is 1. The minimum Gasteiger partial charge on any atom is -0.365 e. The Labute approximate surface area is 210 Å². The number of halogens is 3. The summed E-state index contributed by atoms with van der Waals surface area (Å²) in [7, 11) is 1.61. The van der Waals surface area contributed by atoms with E-state index in [4.69, 9.17) is 5.73 Å². The van der Waals surface area contributed by atoms with E-state index in [1.54, 1.807) is 14.0 Å². The van der Waals surface area contributed by atoms with Crippen molar-refractivity contribution in [1.29, 1.82) is 0 Å². The normalized spacial score (nSPS) is 11.8. The van der Waals surface area contributed by atoms with Gasteiger partial charge >= 0.3 is 11.9 Å². The number of alkyl halides is 3. The van der Waals surface area contributed by atoms with E-state index < -0.39 is 35.2 Å². The zero-order chi connectivity index (χ0) is 27.4. The van der Waals surface area contributed by atoms with Gasteiger partial charge < -0.3 is 11.1 Å². The lowest BCUT2D eigenvalue weighted by Gasteiger charge is -2.12. The number of pyridine rings is 1. The van der Waals surface area contributed by atoms with Gasteiger partial charge in [0.2, 0.25) is 5.91 Å². The SMILES string of the molecule is Cc1nn(CC(=O)Nc2c(C(N)=O)sc3nc(C(F)(F)F)cc(-c4cnn(C)c4C)c23)c(C)c1[N+](=O)[O-]. The van der Waals surface area contributed by atoms with Crippen molar-refractivity contribution in [3.63, 3.8) is 0 Å². The molecule has 12 nitrogen and oxygen atoms in total. The molecule has 0 saturated heterocycles. The van der Waals surface area contributed by atoms with Crippen LogP contribution in [0.5, 0.6) is 0 Å². The Hall–Kier alpha value is -4.34. The van der Waals surface area contributed by atoms with Gasteiger partial charge in [-0.1, -0.05) is 0 Å². The van der Waals surface area contributed by atoms with E-state index in [1.807, 2.05) is 0 Å². The third-order valence-corrected chi connectivity index (χ3v) is 6.88. The summed E-state index contributed by atoms with van der Waals surface area (Å²) in [5, 5.41) is 22.0. The number of aromatic nitrogens is 5. The van der Waals surface area contributed by atoms with Crippen molar-refractivity contribution in [2.45, 2.75) is 33.5 Å². The zero-order valence-electron chi connectivity index (χ0n) is 19.8. The molecule has 0 atom stereocenters. The molecule has 37 heavy (non-hydrogen) atoms. The molecule has 0 aliphatic carbocycles. The monoisotopic (exact) mass is 536 g/mol. The fourth-order valence-electron chi connectivity index (χ4n) is 3.93. The number of amides is 2. The second-order valence-electron chi connectivity index (χ2n) is 8.15. The van der Waals surface area contributed by atoms with Crippen LogP contribution in [0, 0.1) is 30.9 Å². The molecule has 194 valence electrons. The Balaban J connectivity index is 1.88. The fraction of sp³-hybridized carbons (Fsp3) is 0.286. The highest BCUT2D eigenvalue weighted by molar-refractivity contribution is 7.21. The third kappa shape index (κ3) is 4.50. The van der Waals surface area contributed by atoms with Crippen LogP contribution in [0.15, 0.2) is 12.3 Å². The van der Waals surface area contributed by atoms with Gasteiger partial charge in [-0.05, 0) is 32.4 Å². The predicted molar refractivity (Wildman–Crippen MR) is 127 cm³/mol. The van der Waals surface area contributed by atoms with E-state index in [0.29, 0.717) is 22.6 Å². The Morgan fingerprint density at radius 3 is 2.41 bits per heavy atom. The van der Waals surface area contributed by atoms with Crippen LogP contribution in [0.2, 0.25) is 0 Å². The Morgan fingerprint density at radius 2 is 1.89 bits per heavy atom. The number of hydrogen-bond acceptors (Lipinski definition) is 8. The van der Waals surface area contributed by atoms with Gasteiger partial charge in [-0.3, -0.25) is 29.1 Å². The molecule has 4 aromatic heterocycles. The Bertz CT molecular complexity index is 1600. The van der Waals surface area contributed by atoms with Crippen LogP contribution in [-0.4, -0.2) is 41.3 Å². The van der Waals surface area contributed by atoms with Gasteiger partial charge in [0.1, 0.15) is 33.3 Å². The summed E-state index contributed by atoms with van der Waals surface area (Å²) in [4.78, 5) is 39.2. The number of carbonyl (C=O) groups excluding carboxylic acids is 2. The number of nitrogens with zero attached hydrogens (tertiary/aromatic N) is 6. The summed E-state index contributed by atoms with van der Waals surface area (Å²) in [6.45, 7) is 4.03. The average Bonchev–Trinajstić information content (AvgIpc) is 3.40. The summed E-state index contributed by atoms with van der Waals surface area (Å²) in [6, 6.07) is 0.823. The molecule has 0 aromatic carbocycles. The second kappa shape index (κ2) is 8.95. The van der Waals surface area contributed by atoms with Gasteiger partial charge in [0.05, 0.1) is 16.8 Å². The number of carbonyl (C=O) groups is 2. The zero-order valence-corrected chi connectivity index (χ0v) is 20.6. The molecule has 0 saturated carbocycles. The van der Waals surface area contributed by atoms with E-state index in [0.717, 1.165) is 10.7 Å². The van der Waals surface area contributed by atoms with Crippen LogP contribution in [-0.2, 0) is 24.6 Å². The van der Waals surface area contributed by atoms with E-state index in [9.17, 15) is 32.9 Å². The Morgan fingerprint density at radius 1 is 1.22 bits per heavy atom. The molecule has 4 aromatic rings. The average molecular weight is 536 g/mol. The molecular formula is C21H19F3N8O4S. The van der Waals surface area contributed by atoms with Crippen LogP contribution in [0.4, 0.5) is 24.5 Å². The molecular weight excluding hydrogens is 517 g/mol. The molecule has 0 aliphatic rings. The van der Waals surface area contributed by atoms with Crippen LogP contribution < -0.4 is 11.1 Å². The number of thiophene rings is 1. The number of nitro groups is 1. The van der Waals surface area contributed by atoms with Crippen LogP contribution in [0.3, 0.4) is 0 Å². The quantitative estimate of drug-likeness (QED) is 0.281. The smallest absolute Gasteiger partial charge is 0.365 e. The predicted octanol–water partition coefficient (Wildman–Crippen LogP) is 3.48. The first-order valence-electron chi connectivity index (χ1n) is 10.5. The lowest BCUT2D eigenvalue weighted by atomic mass is 10.0. The van der Waals surface area contributed by atoms with Crippen molar-refractivity contribution >= 4 is 44.7 Å². The number of rotatable bonds is 6. The number of fused-ring (bicyclic) bond motifs is 1. The van der Waals surface area contributed by atoms with Crippen molar-refractivity contribution in [1.82, 2.24) is 24.5 Å². The molecule has 16 heteroatoms. The highest BCUT2D eigenvalue weighted by Crippen LogP contribution is 2.44. The molecule has 3 N–H and O–H groups in total. The summed E-state index contributed by atoms with van der Waals surface area (Å²) >= 11 is 0.606. The molecule has 0 spiro atoms. The minimum atomic E-state index is -4.79. The standard InChI is InChI=1S/C21H19F3N8O4S/c1-8-17(32(35)36)10(3)31(29-8)7-14(33)28-16-15-11(12-6-26-30(4)9(12)2)5-13(21(22,23)24)27-20(15)37-18(16)19(25)34/h5-6H,7H2,1-4H3,(H2,25,34)(H,28,33). The van der Waals surface area contributed by atoms with Gasteiger partial charge in [-0.15, -0.1) is 11.3 Å². The molecule has 0 unspecified atom stereocenters. The van der Waals surface area contributed by atoms with Gasteiger partial charge in [0.15, 0.2) is 0 Å². The number of hydrogen-bond donors (Lipinski definition) is 2. The number of aryl methyl sites for hydroxylation is 2. The van der Waals surface area contributed by atoms with Crippen LogP contribution in [0.25, 0.3) is 21.3 Å². The number of nitrogens with two attached hydrogens (primary N) is 1. The first-order chi connectivity index (χ1) is 17.2. The van der Waals surface area contributed by atoms with E-state index >= 15 is 0 Å². The maximum absolute atomic E-state index is 13.7. The van der Waals surface area contributed by atoms with E-state index in [1.165, 1.54) is 24.7 Å².